The maximum atomic E-state index is 12.8. The zero-order valence-electron chi connectivity index (χ0n) is 16.4. The SMILES string of the molecule is Cc1cc(C(=O)Nc2cnn(C(C)(C)C(=O)O)c2)c(C)n1Cc1ccccc1. The lowest BCUT2D eigenvalue weighted by molar-refractivity contribution is -0.146. The highest BCUT2D eigenvalue weighted by molar-refractivity contribution is 6.05. The summed E-state index contributed by atoms with van der Waals surface area (Å²) in [6.07, 6.45) is 2.97. The van der Waals surface area contributed by atoms with Crippen LogP contribution in [0.5, 0.6) is 0 Å². The van der Waals surface area contributed by atoms with Crippen LogP contribution in [0.25, 0.3) is 0 Å². The maximum absolute atomic E-state index is 12.8. The highest BCUT2D eigenvalue weighted by Gasteiger charge is 2.30. The molecule has 0 saturated heterocycles. The molecule has 0 aliphatic heterocycles. The zero-order valence-corrected chi connectivity index (χ0v) is 16.4. The van der Waals surface area contributed by atoms with Crippen LogP contribution < -0.4 is 5.32 Å². The number of carbonyl (C=O) groups excluding carboxylic acids is 1. The molecule has 0 bridgehead atoms. The molecule has 2 N–H and O–H groups in total. The number of anilines is 1. The van der Waals surface area contributed by atoms with Crippen LogP contribution in [-0.4, -0.2) is 31.3 Å². The van der Waals surface area contributed by atoms with E-state index < -0.39 is 11.5 Å². The van der Waals surface area contributed by atoms with Gasteiger partial charge in [0.05, 0.1) is 17.4 Å². The molecule has 1 amide bonds. The second-order valence-corrected chi connectivity index (χ2v) is 7.35. The molecule has 0 fully saturated rings. The fourth-order valence-corrected chi connectivity index (χ4v) is 3.03. The second kappa shape index (κ2) is 7.34. The van der Waals surface area contributed by atoms with Gasteiger partial charge < -0.3 is 15.0 Å². The number of aryl methyl sites for hydroxylation is 1. The van der Waals surface area contributed by atoms with Crippen LogP contribution in [0.3, 0.4) is 0 Å². The number of carboxylic acids is 1. The van der Waals surface area contributed by atoms with Crippen molar-refractivity contribution < 1.29 is 14.7 Å². The van der Waals surface area contributed by atoms with Gasteiger partial charge >= 0.3 is 5.97 Å². The van der Waals surface area contributed by atoms with Gasteiger partial charge in [0.25, 0.3) is 5.91 Å². The molecule has 1 aromatic carbocycles. The van der Waals surface area contributed by atoms with Gasteiger partial charge in [-0.3, -0.25) is 9.48 Å². The van der Waals surface area contributed by atoms with Crippen molar-refractivity contribution in [1.29, 1.82) is 0 Å². The average molecular weight is 380 g/mol. The molecule has 2 aromatic heterocycles. The number of hydrogen-bond donors (Lipinski definition) is 2. The molecule has 0 radical (unpaired) electrons. The van der Waals surface area contributed by atoms with Gasteiger partial charge in [-0.1, -0.05) is 30.3 Å². The van der Waals surface area contributed by atoms with E-state index in [1.165, 1.54) is 17.1 Å². The summed E-state index contributed by atoms with van der Waals surface area (Å²) in [6, 6.07) is 11.9. The molecular weight excluding hydrogens is 356 g/mol. The molecule has 3 aromatic rings. The number of carbonyl (C=O) groups is 2. The first-order valence-electron chi connectivity index (χ1n) is 9.00. The minimum Gasteiger partial charge on any atom is -0.479 e. The summed E-state index contributed by atoms with van der Waals surface area (Å²) in [5.74, 6) is -1.25. The van der Waals surface area contributed by atoms with Crippen LogP contribution in [0.2, 0.25) is 0 Å². The van der Waals surface area contributed by atoms with Crippen molar-refractivity contribution in [1.82, 2.24) is 14.3 Å². The lowest BCUT2D eigenvalue weighted by Gasteiger charge is -2.19. The average Bonchev–Trinajstić information content (AvgIpc) is 3.23. The van der Waals surface area contributed by atoms with E-state index in [0.717, 1.165) is 17.0 Å². The fourth-order valence-electron chi connectivity index (χ4n) is 3.03. The van der Waals surface area contributed by atoms with E-state index >= 15 is 0 Å². The lowest BCUT2D eigenvalue weighted by atomic mass is 10.1. The van der Waals surface area contributed by atoms with Crippen molar-refractivity contribution in [2.45, 2.75) is 39.8 Å². The summed E-state index contributed by atoms with van der Waals surface area (Å²) < 4.78 is 3.42. The fraction of sp³-hybridized carbons (Fsp3) is 0.286. The third kappa shape index (κ3) is 3.69. The van der Waals surface area contributed by atoms with Crippen LogP contribution in [0.4, 0.5) is 5.69 Å². The molecule has 0 unspecified atom stereocenters. The van der Waals surface area contributed by atoms with Crippen LogP contribution in [0.15, 0.2) is 48.8 Å². The molecule has 0 spiro atoms. The number of rotatable bonds is 6. The molecule has 28 heavy (non-hydrogen) atoms. The Kier molecular flexibility index (Phi) is 5.09. The second-order valence-electron chi connectivity index (χ2n) is 7.35. The Morgan fingerprint density at radius 2 is 1.86 bits per heavy atom. The molecule has 7 heteroatoms. The molecule has 0 aliphatic rings. The summed E-state index contributed by atoms with van der Waals surface area (Å²) in [7, 11) is 0. The zero-order chi connectivity index (χ0) is 20.5. The van der Waals surface area contributed by atoms with Gasteiger partial charge in [-0.15, -0.1) is 0 Å². The number of nitrogens with zero attached hydrogens (tertiary/aromatic N) is 3. The number of carboxylic acid groups (broad SMARTS) is 1. The van der Waals surface area contributed by atoms with Gasteiger partial charge in [0, 0.05) is 24.1 Å². The molecule has 0 saturated carbocycles. The van der Waals surface area contributed by atoms with Crippen molar-refractivity contribution in [3.63, 3.8) is 0 Å². The van der Waals surface area contributed by atoms with Crippen molar-refractivity contribution in [3.05, 3.63) is 71.3 Å². The van der Waals surface area contributed by atoms with E-state index in [2.05, 4.69) is 27.1 Å². The molecule has 7 nitrogen and oxygen atoms in total. The van der Waals surface area contributed by atoms with E-state index in [1.807, 2.05) is 38.1 Å². The van der Waals surface area contributed by atoms with Crippen LogP contribution in [0, 0.1) is 13.8 Å². The number of aliphatic carboxylic acids is 1. The monoisotopic (exact) mass is 380 g/mol. The van der Waals surface area contributed by atoms with Crippen molar-refractivity contribution in [2.24, 2.45) is 0 Å². The van der Waals surface area contributed by atoms with Crippen molar-refractivity contribution >= 4 is 17.6 Å². The molecule has 2 heterocycles. The quantitative estimate of drug-likeness (QED) is 0.686. The van der Waals surface area contributed by atoms with Crippen LogP contribution in [-0.2, 0) is 16.9 Å². The highest BCUT2D eigenvalue weighted by Crippen LogP contribution is 2.21. The summed E-state index contributed by atoms with van der Waals surface area (Å²) in [6.45, 7) is 7.68. The van der Waals surface area contributed by atoms with E-state index in [0.29, 0.717) is 17.8 Å². The van der Waals surface area contributed by atoms with E-state index in [4.69, 9.17) is 0 Å². The largest absolute Gasteiger partial charge is 0.479 e. The third-order valence-electron chi connectivity index (χ3n) is 4.94. The minimum absolute atomic E-state index is 0.250. The Balaban J connectivity index is 1.80. The smallest absolute Gasteiger partial charge is 0.331 e. The molecule has 0 atom stereocenters. The van der Waals surface area contributed by atoms with E-state index in [1.54, 1.807) is 13.8 Å². The number of benzene rings is 1. The normalized spacial score (nSPS) is 11.4. The van der Waals surface area contributed by atoms with Crippen LogP contribution >= 0.6 is 0 Å². The first-order valence-corrected chi connectivity index (χ1v) is 9.00. The first-order chi connectivity index (χ1) is 13.2. The van der Waals surface area contributed by atoms with E-state index in [9.17, 15) is 14.7 Å². The first kappa shape index (κ1) is 19.4. The van der Waals surface area contributed by atoms with Gasteiger partial charge in [-0.05, 0) is 39.3 Å². The summed E-state index contributed by atoms with van der Waals surface area (Å²) in [5.41, 5.74) is 2.86. The predicted molar refractivity (Wildman–Crippen MR) is 107 cm³/mol. The summed E-state index contributed by atoms with van der Waals surface area (Å²) >= 11 is 0. The Labute approximate surface area is 163 Å². The molecule has 3 rings (SSSR count). The summed E-state index contributed by atoms with van der Waals surface area (Å²) in [5, 5.41) is 16.2. The minimum atomic E-state index is -1.20. The molecular formula is C21H24N4O3. The van der Waals surface area contributed by atoms with Gasteiger partial charge in [-0.2, -0.15) is 5.10 Å². The highest BCUT2D eigenvalue weighted by atomic mass is 16.4. The number of nitrogens with one attached hydrogen (secondary N) is 1. The maximum Gasteiger partial charge on any atom is 0.331 e. The number of hydrogen-bond acceptors (Lipinski definition) is 3. The van der Waals surface area contributed by atoms with Crippen molar-refractivity contribution in [3.8, 4) is 0 Å². The Bertz CT molecular complexity index is 1020. The van der Waals surface area contributed by atoms with Gasteiger partial charge in [-0.25, -0.2) is 4.79 Å². The predicted octanol–water partition coefficient (Wildman–Crippen LogP) is 3.42. The standard InChI is InChI=1S/C21H24N4O3/c1-14-10-18(15(2)24(14)12-16-8-6-5-7-9-16)19(26)23-17-11-22-25(13-17)21(3,4)20(27)28/h5-11,13H,12H2,1-4H3,(H,23,26)(H,27,28). The summed E-state index contributed by atoms with van der Waals surface area (Å²) in [4.78, 5) is 24.1. The Hall–Kier alpha value is -3.35. The van der Waals surface area contributed by atoms with Gasteiger partial charge in [0.2, 0.25) is 0 Å². The van der Waals surface area contributed by atoms with Gasteiger partial charge in [0.15, 0.2) is 5.54 Å². The topological polar surface area (TPSA) is 89.2 Å². The molecule has 146 valence electrons. The van der Waals surface area contributed by atoms with Crippen molar-refractivity contribution in [2.75, 3.05) is 5.32 Å². The van der Waals surface area contributed by atoms with E-state index in [-0.39, 0.29) is 5.91 Å². The molecule has 0 aliphatic carbocycles. The Morgan fingerprint density at radius 3 is 2.50 bits per heavy atom. The van der Waals surface area contributed by atoms with Gasteiger partial charge in [0.1, 0.15) is 0 Å². The number of amides is 1. The van der Waals surface area contributed by atoms with Crippen LogP contribution in [0.1, 0.15) is 41.2 Å². The third-order valence-corrected chi connectivity index (χ3v) is 4.94. The lowest BCUT2D eigenvalue weighted by Crippen LogP contribution is -2.35. The Morgan fingerprint density at radius 1 is 1.18 bits per heavy atom. The number of aromatic nitrogens is 3.